The van der Waals surface area contributed by atoms with Crippen molar-refractivity contribution in [2.24, 2.45) is 0 Å². The first-order chi connectivity index (χ1) is 9.17. The van der Waals surface area contributed by atoms with E-state index in [1.165, 1.54) is 6.42 Å². The summed E-state index contributed by atoms with van der Waals surface area (Å²) in [6, 6.07) is 0.254. The van der Waals surface area contributed by atoms with Crippen LogP contribution in [0.4, 0.5) is 5.95 Å². The maximum absolute atomic E-state index is 5.85. The highest BCUT2D eigenvalue weighted by Crippen LogP contribution is 2.34. The summed E-state index contributed by atoms with van der Waals surface area (Å²) in [6.45, 7) is 3.24. The van der Waals surface area contributed by atoms with Gasteiger partial charge >= 0.3 is 6.01 Å². The van der Waals surface area contributed by atoms with E-state index in [4.69, 9.17) is 21.1 Å². The van der Waals surface area contributed by atoms with Gasteiger partial charge in [0, 0.05) is 13.7 Å². The van der Waals surface area contributed by atoms with E-state index in [0.29, 0.717) is 19.1 Å². The number of nitrogens with zero attached hydrogens (tertiary/aromatic N) is 3. The number of nitrogens with one attached hydrogen (secondary N) is 1. The first-order valence-electron chi connectivity index (χ1n) is 6.51. The standard InChI is InChI=1S/C12H19ClN4O2/c1-3-7-19-11-16-9(13)15-10(17-11)14-8-12(18-2)5-4-6-12/h3-8H2,1-2H3,(H,14,15,16,17). The third-order valence-corrected chi connectivity index (χ3v) is 3.46. The summed E-state index contributed by atoms with van der Waals surface area (Å²) < 4.78 is 10.9. The van der Waals surface area contributed by atoms with Crippen LogP contribution in [0.1, 0.15) is 32.6 Å². The Morgan fingerprint density at radius 3 is 2.68 bits per heavy atom. The second-order valence-electron chi connectivity index (χ2n) is 4.65. The zero-order valence-corrected chi connectivity index (χ0v) is 12.0. The maximum atomic E-state index is 5.85. The van der Waals surface area contributed by atoms with E-state index in [1.54, 1.807) is 7.11 Å². The van der Waals surface area contributed by atoms with Crippen LogP contribution in [0.5, 0.6) is 6.01 Å². The minimum absolute atomic E-state index is 0.0937. The van der Waals surface area contributed by atoms with Gasteiger partial charge in [0.1, 0.15) is 0 Å². The molecule has 1 aromatic heterocycles. The van der Waals surface area contributed by atoms with Crippen molar-refractivity contribution in [1.82, 2.24) is 15.0 Å². The molecule has 1 aliphatic carbocycles. The van der Waals surface area contributed by atoms with E-state index in [9.17, 15) is 0 Å². The Hall–Kier alpha value is -1.14. The summed E-state index contributed by atoms with van der Waals surface area (Å²) in [5.74, 6) is 0.425. The van der Waals surface area contributed by atoms with Gasteiger partial charge in [0.05, 0.1) is 12.2 Å². The summed E-state index contributed by atoms with van der Waals surface area (Å²) in [5, 5.41) is 3.27. The molecule has 0 radical (unpaired) electrons. The van der Waals surface area contributed by atoms with Crippen LogP contribution < -0.4 is 10.1 Å². The Kier molecular flexibility index (Phi) is 4.76. The SMILES string of the molecule is CCCOc1nc(Cl)nc(NCC2(OC)CCC2)n1. The molecular formula is C12H19ClN4O2. The van der Waals surface area contributed by atoms with Gasteiger partial charge in [-0.15, -0.1) is 0 Å². The van der Waals surface area contributed by atoms with Crippen molar-refractivity contribution in [2.45, 2.75) is 38.2 Å². The van der Waals surface area contributed by atoms with Gasteiger partial charge in [-0.05, 0) is 37.3 Å². The fraction of sp³-hybridized carbons (Fsp3) is 0.750. The van der Waals surface area contributed by atoms with Crippen molar-refractivity contribution in [2.75, 3.05) is 25.6 Å². The summed E-state index contributed by atoms with van der Waals surface area (Å²) >= 11 is 5.85. The number of ether oxygens (including phenoxy) is 2. The molecule has 0 spiro atoms. The molecule has 0 unspecified atom stereocenters. The first-order valence-corrected chi connectivity index (χ1v) is 6.89. The van der Waals surface area contributed by atoms with E-state index < -0.39 is 0 Å². The van der Waals surface area contributed by atoms with Crippen molar-refractivity contribution in [3.63, 3.8) is 0 Å². The Morgan fingerprint density at radius 1 is 1.32 bits per heavy atom. The Balaban J connectivity index is 1.97. The molecule has 19 heavy (non-hydrogen) atoms. The zero-order chi connectivity index (χ0) is 13.7. The largest absolute Gasteiger partial charge is 0.463 e. The lowest BCUT2D eigenvalue weighted by Crippen LogP contribution is -2.45. The molecule has 1 aliphatic rings. The first kappa shape index (κ1) is 14.3. The van der Waals surface area contributed by atoms with Crippen LogP contribution in [-0.4, -0.2) is 40.8 Å². The zero-order valence-electron chi connectivity index (χ0n) is 11.3. The van der Waals surface area contributed by atoms with Gasteiger partial charge in [-0.2, -0.15) is 15.0 Å². The number of halogens is 1. The lowest BCUT2D eigenvalue weighted by Gasteiger charge is -2.40. The average molecular weight is 287 g/mol. The molecule has 1 N–H and O–H groups in total. The second kappa shape index (κ2) is 6.34. The van der Waals surface area contributed by atoms with Gasteiger partial charge < -0.3 is 14.8 Å². The summed E-state index contributed by atoms with van der Waals surface area (Å²) in [4.78, 5) is 12.1. The molecule has 0 amide bonds. The summed E-state index contributed by atoms with van der Waals surface area (Å²) in [6.07, 6.45) is 4.18. The minimum Gasteiger partial charge on any atom is -0.463 e. The highest BCUT2D eigenvalue weighted by atomic mass is 35.5. The van der Waals surface area contributed by atoms with E-state index >= 15 is 0 Å². The molecule has 0 saturated heterocycles. The van der Waals surface area contributed by atoms with Crippen LogP contribution in [0.15, 0.2) is 0 Å². The van der Waals surface area contributed by atoms with Crippen LogP contribution in [0.25, 0.3) is 0 Å². The Morgan fingerprint density at radius 2 is 2.11 bits per heavy atom. The number of aromatic nitrogens is 3. The topological polar surface area (TPSA) is 69.2 Å². The number of hydrogen-bond acceptors (Lipinski definition) is 6. The molecule has 6 nitrogen and oxygen atoms in total. The number of methoxy groups -OCH3 is 1. The average Bonchev–Trinajstić information content (AvgIpc) is 2.35. The maximum Gasteiger partial charge on any atom is 0.322 e. The van der Waals surface area contributed by atoms with Crippen molar-refractivity contribution in [3.05, 3.63) is 5.28 Å². The molecule has 1 heterocycles. The van der Waals surface area contributed by atoms with Gasteiger partial charge in [0.25, 0.3) is 0 Å². The van der Waals surface area contributed by atoms with Crippen LogP contribution in [0.3, 0.4) is 0 Å². The molecule has 1 saturated carbocycles. The smallest absolute Gasteiger partial charge is 0.322 e. The van der Waals surface area contributed by atoms with Gasteiger partial charge in [0.2, 0.25) is 11.2 Å². The highest BCUT2D eigenvalue weighted by molar-refractivity contribution is 6.28. The molecule has 2 rings (SSSR count). The van der Waals surface area contributed by atoms with Gasteiger partial charge in [-0.3, -0.25) is 0 Å². The molecule has 7 heteroatoms. The summed E-state index contributed by atoms with van der Waals surface area (Å²) in [7, 11) is 1.73. The van der Waals surface area contributed by atoms with E-state index in [-0.39, 0.29) is 16.9 Å². The van der Waals surface area contributed by atoms with Gasteiger partial charge in [-0.1, -0.05) is 6.92 Å². The Labute approximate surface area is 117 Å². The molecule has 1 fully saturated rings. The highest BCUT2D eigenvalue weighted by Gasteiger charge is 2.36. The van der Waals surface area contributed by atoms with E-state index in [0.717, 1.165) is 19.3 Å². The fourth-order valence-electron chi connectivity index (χ4n) is 1.93. The third-order valence-electron chi connectivity index (χ3n) is 3.29. The van der Waals surface area contributed by atoms with Crippen LogP contribution >= 0.6 is 11.6 Å². The van der Waals surface area contributed by atoms with Crippen LogP contribution in [-0.2, 0) is 4.74 Å². The van der Waals surface area contributed by atoms with E-state index in [2.05, 4.69) is 20.3 Å². The van der Waals surface area contributed by atoms with Crippen molar-refractivity contribution < 1.29 is 9.47 Å². The van der Waals surface area contributed by atoms with Gasteiger partial charge in [0.15, 0.2) is 0 Å². The number of anilines is 1. The molecule has 0 aromatic carbocycles. The number of hydrogen-bond donors (Lipinski definition) is 1. The third kappa shape index (κ3) is 3.67. The van der Waals surface area contributed by atoms with Crippen LogP contribution in [0.2, 0.25) is 5.28 Å². The minimum atomic E-state index is -0.0937. The molecule has 1 aromatic rings. The fourth-order valence-corrected chi connectivity index (χ4v) is 2.09. The van der Waals surface area contributed by atoms with Crippen molar-refractivity contribution in [1.29, 1.82) is 0 Å². The predicted molar refractivity (Wildman–Crippen MR) is 72.7 cm³/mol. The van der Waals surface area contributed by atoms with E-state index in [1.807, 2.05) is 6.92 Å². The monoisotopic (exact) mass is 286 g/mol. The molecular weight excluding hydrogens is 268 g/mol. The predicted octanol–water partition coefficient (Wildman–Crippen LogP) is 2.29. The number of rotatable bonds is 7. The van der Waals surface area contributed by atoms with Crippen molar-refractivity contribution in [3.8, 4) is 6.01 Å². The normalized spacial score (nSPS) is 16.8. The van der Waals surface area contributed by atoms with Crippen LogP contribution in [0, 0.1) is 0 Å². The second-order valence-corrected chi connectivity index (χ2v) is 4.99. The van der Waals surface area contributed by atoms with Crippen molar-refractivity contribution >= 4 is 17.5 Å². The molecule has 0 aliphatic heterocycles. The van der Waals surface area contributed by atoms with Gasteiger partial charge in [-0.25, -0.2) is 0 Å². The molecule has 106 valence electrons. The summed E-state index contributed by atoms with van der Waals surface area (Å²) in [5.41, 5.74) is -0.0937. The lowest BCUT2D eigenvalue weighted by atomic mass is 9.80. The quantitative estimate of drug-likeness (QED) is 0.829. The molecule has 0 atom stereocenters. The lowest BCUT2D eigenvalue weighted by molar-refractivity contribution is -0.0602. The molecule has 0 bridgehead atoms. The Bertz CT molecular complexity index is 421.